The summed E-state index contributed by atoms with van der Waals surface area (Å²) in [5.74, 6) is -0.407. The van der Waals surface area contributed by atoms with Gasteiger partial charge in [-0.25, -0.2) is 0 Å². The Morgan fingerprint density at radius 1 is 0.842 bits per heavy atom. The number of carbonyl (C=O) groups is 3. The third-order valence-electron chi connectivity index (χ3n) is 18.2. The van der Waals surface area contributed by atoms with Crippen LogP contribution < -0.4 is 0 Å². The molecule has 7 aliphatic carbocycles. The molecule has 1 aliphatic heterocycles. The molecule has 2 aromatic rings. The highest BCUT2D eigenvalue weighted by molar-refractivity contribution is 6.10. The predicted molar refractivity (Wildman–Crippen MR) is 218 cm³/mol. The SMILES string of the molecule is COCCCN(CC1(O)CCC2C34C=CC5(C=C3C(=O)c3ccc(-c6ccccc6)cc3)CC(O)CCC5(C)C4CCC21C)C(=O)C12CCC(C)(C(=O)O1)C2(C)C. The Kier molecular flexibility index (Phi) is 8.67. The molecule has 2 spiro atoms. The molecule has 2 N–H and O–H groups in total. The number of carbonyl (C=O) groups excluding carboxylic acids is 3. The monoisotopic (exact) mass is 775 g/mol. The van der Waals surface area contributed by atoms with Gasteiger partial charge in [0.1, 0.15) is 0 Å². The van der Waals surface area contributed by atoms with Crippen molar-refractivity contribution < 1.29 is 34.1 Å². The van der Waals surface area contributed by atoms with E-state index in [9.17, 15) is 15.0 Å². The van der Waals surface area contributed by atoms with E-state index in [0.29, 0.717) is 57.2 Å². The number of ether oxygens (including phenoxy) is 2. The van der Waals surface area contributed by atoms with Gasteiger partial charge in [0.05, 0.1) is 23.7 Å². The fraction of sp³-hybridized carbons (Fsp3) is 0.612. The number of amides is 1. The Morgan fingerprint density at radius 3 is 2.18 bits per heavy atom. The molecule has 304 valence electrons. The Bertz CT molecular complexity index is 2060. The number of fused-ring (bicyclic) bond motifs is 3. The van der Waals surface area contributed by atoms with Crippen molar-refractivity contribution in [1.29, 1.82) is 0 Å². The van der Waals surface area contributed by atoms with Crippen LogP contribution in [-0.4, -0.2) is 76.9 Å². The maximum Gasteiger partial charge on any atom is 0.313 e. The lowest BCUT2D eigenvalue weighted by Crippen LogP contribution is -2.68. The molecule has 4 saturated carbocycles. The summed E-state index contributed by atoms with van der Waals surface area (Å²) in [6.07, 6.45) is 13.2. The first-order chi connectivity index (χ1) is 27.0. The number of methoxy groups -OCH3 is 1. The average molecular weight is 776 g/mol. The summed E-state index contributed by atoms with van der Waals surface area (Å²) < 4.78 is 11.6. The normalized spacial score (nSPS) is 41.9. The average Bonchev–Trinajstić information content (AvgIpc) is 3.65. The van der Waals surface area contributed by atoms with E-state index in [2.05, 4.69) is 44.2 Å². The van der Waals surface area contributed by atoms with Gasteiger partial charge in [-0.05, 0) is 99.5 Å². The van der Waals surface area contributed by atoms with Crippen LogP contribution in [0.5, 0.6) is 0 Å². The molecule has 10 unspecified atom stereocenters. The summed E-state index contributed by atoms with van der Waals surface area (Å²) >= 11 is 0. The summed E-state index contributed by atoms with van der Waals surface area (Å²) in [6, 6.07) is 18.2. The molecule has 57 heavy (non-hydrogen) atoms. The number of ketones is 1. The van der Waals surface area contributed by atoms with Crippen LogP contribution in [0.1, 0.15) is 109 Å². The summed E-state index contributed by atoms with van der Waals surface area (Å²) in [5, 5.41) is 24.4. The van der Waals surface area contributed by atoms with Gasteiger partial charge in [-0.3, -0.25) is 14.4 Å². The quantitative estimate of drug-likeness (QED) is 0.109. The van der Waals surface area contributed by atoms with Crippen LogP contribution in [0.3, 0.4) is 0 Å². The van der Waals surface area contributed by atoms with Gasteiger partial charge in [-0.15, -0.1) is 0 Å². The minimum absolute atomic E-state index is 0.0233. The van der Waals surface area contributed by atoms with Gasteiger partial charge in [0, 0.05) is 53.1 Å². The molecule has 8 nitrogen and oxygen atoms in total. The maximum atomic E-state index is 15.2. The van der Waals surface area contributed by atoms with Crippen molar-refractivity contribution in [1.82, 2.24) is 4.90 Å². The largest absolute Gasteiger partial charge is 0.448 e. The van der Waals surface area contributed by atoms with E-state index in [0.717, 1.165) is 42.4 Å². The van der Waals surface area contributed by atoms with Gasteiger partial charge in [0.25, 0.3) is 5.91 Å². The lowest BCUT2D eigenvalue weighted by molar-refractivity contribution is -0.187. The predicted octanol–water partition coefficient (Wildman–Crippen LogP) is 8.11. The Balaban J connectivity index is 1.10. The van der Waals surface area contributed by atoms with Gasteiger partial charge >= 0.3 is 5.97 Å². The lowest BCUT2D eigenvalue weighted by Gasteiger charge is -2.71. The fourth-order valence-corrected chi connectivity index (χ4v) is 14.1. The molecule has 2 aromatic carbocycles. The number of rotatable bonds is 10. The van der Waals surface area contributed by atoms with E-state index in [4.69, 9.17) is 9.47 Å². The molecule has 0 radical (unpaired) electrons. The molecule has 8 aliphatic rings. The second kappa shape index (κ2) is 12.7. The number of nitrogens with zero attached hydrogens (tertiary/aromatic N) is 1. The second-order valence-electron chi connectivity index (χ2n) is 20.3. The van der Waals surface area contributed by atoms with E-state index in [-0.39, 0.29) is 41.5 Å². The van der Waals surface area contributed by atoms with Crippen molar-refractivity contribution in [2.75, 3.05) is 26.8 Å². The number of allylic oxidation sites excluding steroid dienone is 4. The van der Waals surface area contributed by atoms with Crippen molar-refractivity contribution >= 4 is 17.7 Å². The number of esters is 1. The number of hydrogen-bond donors (Lipinski definition) is 2. The molecular formula is C49H61NO7. The van der Waals surface area contributed by atoms with Crippen LogP contribution >= 0.6 is 0 Å². The minimum Gasteiger partial charge on any atom is -0.448 e. The van der Waals surface area contributed by atoms with E-state index >= 15 is 9.59 Å². The number of aliphatic hydroxyl groups is 2. The Hall–Kier alpha value is -3.59. The summed E-state index contributed by atoms with van der Waals surface area (Å²) in [5.41, 5.74) is -2.21. The minimum atomic E-state index is -1.28. The number of benzene rings is 2. The lowest BCUT2D eigenvalue weighted by atomic mass is 9.32. The van der Waals surface area contributed by atoms with Crippen LogP contribution in [0.4, 0.5) is 0 Å². The van der Waals surface area contributed by atoms with Crippen LogP contribution in [0.2, 0.25) is 0 Å². The molecule has 10 rings (SSSR count). The maximum absolute atomic E-state index is 15.2. The van der Waals surface area contributed by atoms with E-state index in [1.165, 1.54) is 0 Å². The first-order valence-electron chi connectivity index (χ1n) is 21.5. The smallest absolute Gasteiger partial charge is 0.313 e. The topological polar surface area (TPSA) is 113 Å². The molecule has 8 heteroatoms. The summed E-state index contributed by atoms with van der Waals surface area (Å²) in [7, 11) is 1.65. The standard InChI is InChI=1S/C49H61NO7/c1-42(2)45(5)23-26-49(42,57-41(45)54)40(53)50(27-10-28-56-6)31-47(55)22-19-38-44(47,4)21-18-37-43(3)20-17-35(51)29-46(43)24-25-48(37,38)36(30-46)39(52)34-15-13-33(14-16-34)32-11-8-7-9-12-32/h7-9,11-16,24-25,30,35,37-38,51,55H,10,17-23,26-29,31H2,1-6H3. The van der Waals surface area contributed by atoms with Crippen molar-refractivity contribution in [3.05, 3.63) is 84.0 Å². The summed E-state index contributed by atoms with van der Waals surface area (Å²) in [6.45, 7) is 11.5. The molecular weight excluding hydrogens is 715 g/mol. The number of aliphatic hydroxyl groups excluding tert-OH is 1. The van der Waals surface area contributed by atoms with Crippen LogP contribution in [0.15, 0.2) is 78.4 Å². The van der Waals surface area contributed by atoms with E-state index in [1.54, 1.807) is 12.0 Å². The van der Waals surface area contributed by atoms with E-state index < -0.39 is 44.4 Å². The van der Waals surface area contributed by atoms with Gasteiger partial charge in [-0.2, -0.15) is 0 Å². The van der Waals surface area contributed by atoms with Crippen LogP contribution in [-0.2, 0) is 19.1 Å². The Labute approximate surface area is 338 Å². The van der Waals surface area contributed by atoms with Crippen molar-refractivity contribution in [2.24, 2.45) is 44.3 Å². The molecule has 10 atom stereocenters. The zero-order chi connectivity index (χ0) is 40.4. The van der Waals surface area contributed by atoms with Gasteiger partial charge in [0.2, 0.25) is 0 Å². The molecule has 0 aromatic heterocycles. The first kappa shape index (κ1) is 38.9. The highest BCUT2D eigenvalue weighted by Crippen LogP contribution is 2.78. The third kappa shape index (κ3) is 4.87. The number of Topliss-reactive ketones (excluding diaryl/α,β-unsaturated/α-hetero) is 1. The highest BCUT2D eigenvalue weighted by atomic mass is 16.6. The van der Waals surface area contributed by atoms with Gasteiger partial charge < -0.3 is 24.6 Å². The molecule has 1 amide bonds. The molecule has 4 bridgehead atoms. The molecule has 1 heterocycles. The van der Waals surface area contributed by atoms with Crippen LogP contribution in [0, 0.1) is 44.3 Å². The van der Waals surface area contributed by atoms with Gasteiger partial charge in [0.15, 0.2) is 11.4 Å². The molecule has 5 fully saturated rings. The third-order valence-corrected chi connectivity index (χ3v) is 18.2. The first-order valence-corrected chi connectivity index (χ1v) is 21.5. The van der Waals surface area contributed by atoms with E-state index in [1.807, 2.05) is 63.2 Å². The van der Waals surface area contributed by atoms with Crippen LogP contribution in [0.25, 0.3) is 11.1 Å². The van der Waals surface area contributed by atoms with Crippen molar-refractivity contribution in [3.8, 4) is 11.1 Å². The zero-order valence-corrected chi connectivity index (χ0v) is 34.7. The fourth-order valence-electron chi connectivity index (χ4n) is 14.1. The summed E-state index contributed by atoms with van der Waals surface area (Å²) in [4.78, 5) is 45.3. The number of hydrogen-bond acceptors (Lipinski definition) is 7. The zero-order valence-electron chi connectivity index (χ0n) is 34.7. The van der Waals surface area contributed by atoms with Crippen molar-refractivity contribution in [2.45, 2.75) is 116 Å². The van der Waals surface area contributed by atoms with Gasteiger partial charge in [-0.1, -0.05) is 101 Å². The van der Waals surface area contributed by atoms with Crippen molar-refractivity contribution in [3.63, 3.8) is 0 Å². The second-order valence-corrected chi connectivity index (χ2v) is 20.3. The molecule has 1 saturated heterocycles. The Morgan fingerprint density at radius 2 is 1.51 bits per heavy atom. The highest BCUT2D eigenvalue weighted by Gasteiger charge is 2.78.